The maximum atomic E-state index is 10.3. The fraction of sp³-hybridized carbons (Fsp3) is 0.294. The molecule has 1 N–H and O–H groups in total. The van der Waals surface area contributed by atoms with Crippen molar-refractivity contribution in [3.63, 3.8) is 0 Å². The minimum atomic E-state index is -0.447. The van der Waals surface area contributed by atoms with E-state index in [-0.39, 0.29) is 0 Å². The topological polar surface area (TPSA) is 67.3 Å². The molecule has 7 heteroatoms. The second-order valence-electron chi connectivity index (χ2n) is 5.93. The van der Waals surface area contributed by atoms with E-state index in [2.05, 4.69) is 21.2 Å². The average Bonchev–Trinajstić information content (AvgIpc) is 3.17. The van der Waals surface area contributed by atoms with Crippen LogP contribution in [0.3, 0.4) is 0 Å². The van der Waals surface area contributed by atoms with Crippen LogP contribution in [0.1, 0.15) is 23.0 Å². The molecular formula is C17H18N4O2S. The Bertz CT molecular complexity index is 844. The lowest BCUT2D eigenvalue weighted by Crippen LogP contribution is -2.32. The van der Waals surface area contributed by atoms with Gasteiger partial charge in [-0.2, -0.15) is 0 Å². The van der Waals surface area contributed by atoms with Gasteiger partial charge in [0, 0.05) is 20.1 Å². The fourth-order valence-electron chi connectivity index (χ4n) is 2.95. The molecule has 1 aromatic carbocycles. The maximum absolute atomic E-state index is 10.3. The lowest BCUT2D eigenvalue weighted by Gasteiger charge is -2.31. The standard InChI is InChI=1S/C17H18N4O2S/c1-20-11-18-19-17(20)24-16-7-6-13(23-16)9-21-8-12-4-2-3-5-14(12)15(22)10-21/h2-7,11,15,22H,8-10H2,1H3/t15-/m0/s1. The van der Waals surface area contributed by atoms with Crippen LogP contribution in [0.15, 0.2) is 57.4 Å². The van der Waals surface area contributed by atoms with Gasteiger partial charge >= 0.3 is 0 Å². The number of fused-ring (bicyclic) bond motifs is 1. The molecule has 0 radical (unpaired) electrons. The highest BCUT2D eigenvalue weighted by Crippen LogP contribution is 2.30. The zero-order valence-electron chi connectivity index (χ0n) is 13.3. The second kappa shape index (κ2) is 6.43. The van der Waals surface area contributed by atoms with E-state index in [1.807, 2.05) is 41.9 Å². The highest BCUT2D eigenvalue weighted by atomic mass is 32.2. The van der Waals surface area contributed by atoms with E-state index in [1.165, 1.54) is 17.3 Å². The predicted octanol–water partition coefficient (Wildman–Crippen LogP) is 2.61. The van der Waals surface area contributed by atoms with Crippen LogP contribution in [0, 0.1) is 0 Å². The molecule has 0 spiro atoms. The molecule has 0 unspecified atom stereocenters. The zero-order chi connectivity index (χ0) is 16.5. The van der Waals surface area contributed by atoms with Crippen molar-refractivity contribution >= 4 is 11.8 Å². The van der Waals surface area contributed by atoms with Gasteiger partial charge in [0.1, 0.15) is 12.1 Å². The molecule has 0 amide bonds. The third-order valence-electron chi connectivity index (χ3n) is 4.12. The van der Waals surface area contributed by atoms with E-state index < -0.39 is 6.10 Å². The van der Waals surface area contributed by atoms with Gasteiger partial charge in [0.2, 0.25) is 0 Å². The third kappa shape index (κ3) is 3.10. The van der Waals surface area contributed by atoms with E-state index in [4.69, 9.17) is 4.42 Å². The summed E-state index contributed by atoms with van der Waals surface area (Å²) in [4.78, 5) is 2.20. The molecule has 0 bridgehead atoms. The van der Waals surface area contributed by atoms with Crippen LogP contribution < -0.4 is 0 Å². The summed E-state index contributed by atoms with van der Waals surface area (Å²) in [6, 6.07) is 12.0. The minimum Gasteiger partial charge on any atom is -0.453 e. The molecule has 2 aromatic heterocycles. The number of aliphatic hydroxyl groups is 1. The Morgan fingerprint density at radius 2 is 2.17 bits per heavy atom. The summed E-state index contributed by atoms with van der Waals surface area (Å²) in [6.07, 6.45) is 1.22. The lowest BCUT2D eigenvalue weighted by atomic mass is 9.97. The van der Waals surface area contributed by atoms with Crippen molar-refractivity contribution in [1.29, 1.82) is 0 Å². The van der Waals surface area contributed by atoms with Gasteiger partial charge in [0.25, 0.3) is 0 Å². The van der Waals surface area contributed by atoms with E-state index in [0.717, 1.165) is 28.1 Å². The van der Waals surface area contributed by atoms with Crippen LogP contribution >= 0.6 is 11.8 Å². The van der Waals surface area contributed by atoms with E-state index in [9.17, 15) is 5.11 Å². The van der Waals surface area contributed by atoms with Gasteiger partial charge in [-0.25, -0.2) is 0 Å². The maximum Gasteiger partial charge on any atom is 0.198 e. The van der Waals surface area contributed by atoms with Crippen LogP contribution in [0.2, 0.25) is 0 Å². The largest absolute Gasteiger partial charge is 0.453 e. The predicted molar refractivity (Wildman–Crippen MR) is 89.3 cm³/mol. The first-order chi connectivity index (χ1) is 11.7. The number of hydrogen-bond donors (Lipinski definition) is 1. The molecule has 0 saturated carbocycles. The first-order valence-electron chi connectivity index (χ1n) is 7.78. The van der Waals surface area contributed by atoms with E-state index >= 15 is 0 Å². The summed E-state index contributed by atoms with van der Waals surface area (Å²) in [6.45, 7) is 2.11. The Morgan fingerprint density at radius 1 is 1.29 bits per heavy atom. The summed E-state index contributed by atoms with van der Waals surface area (Å²) in [5.41, 5.74) is 2.21. The van der Waals surface area contributed by atoms with Crippen molar-refractivity contribution in [1.82, 2.24) is 19.7 Å². The Labute approximate surface area is 144 Å². The van der Waals surface area contributed by atoms with Gasteiger partial charge in [0.05, 0.1) is 12.6 Å². The van der Waals surface area contributed by atoms with Gasteiger partial charge < -0.3 is 14.1 Å². The van der Waals surface area contributed by atoms with E-state index in [1.54, 1.807) is 6.33 Å². The van der Waals surface area contributed by atoms with Gasteiger partial charge in [-0.15, -0.1) is 10.2 Å². The molecule has 1 aliphatic heterocycles. The normalized spacial score (nSPS) is 17.8. The van der Waals surface area contributed by atoms with Gasteiger partial charge in [-0.1, -0.05) is 24.3 Å². The van der Waals surface area contributed by atoms with Crippen LogP contribution in [-0.4, -0.2) is 31.3 Å². The SMILES string of the molecule is Cn1cnnc1Sc1ccc(CN2Cc3ccccc3[C@@H](O)C2)o1. The summed E-state index contributed by atoms with van der Waals surface area (Å²) in [7, 11) is 1.90. The highest BCUT2D eigenvalue weighted by Gasteiger charge is 2.24. The smallest absolute Gasteiger partial charge is 0.198 e. The quantitative estimate of drug-likeness (QED) is 0.786. The number of furan rings is 1. The third-order valence-corrected chi connectivity index (χ3v) is 5.09. The molecule has 0 fully saturated rings. The number of β-amino-alcohol motifs (C(OH)–C–C–N with tert-alkyl or cyclic N) is 1. The van der Waals surface area contributed by atoms with Crippen LogP contribution in [0.25, 0.3) is 0 Å². The average molecular weight is 342 g/mol. The first-order valence-corrected chi connectivity index (χ1v) is 8.59. The van der Waals surface area contributed by atoms with E-state index in [0.29, 0.717) is 13.1 Å². The Balaban J connectivity index is 1.44. The number of aromatic nitrogens is 3. The van der Waals surface area contributed by atoms with Gasteiger partial charge in [-0.05, 0) is 35.0 Å². The molecule has 1 aliphatic rings. The molecule has 0 saturated heterocycles. The molecule has 0 aliphatic carbocycles. The fourth-order valence-corrected chi connectivity index (χ4v) is 3.69. The van der Waals surface area contributed by atoms with Crippen molar-refractivity contribution in [2.75, 3.05) is 6.54 Å². The van der Waals surface area contributed by atoms with Crippen molar-refractivity contribution in [2.24, 2.45) is 7.05 Å². The first kappa shape index (κ1) is 15.4. The number of aryl methyl sites for hydroxylation is 1. The summed E-state index contributed by atoms with van der Waals surface area (Å²) in [5, 5.41) is 19.8. The van der Waals surface area contributed by atoms with Crippen molar-refractivity contribution in [2.45, 2.75) is 29.4 Å². The van der Waals surface area contributed by atoms with Gasteiger partial charge in [0.15, 0.2) is 10.2 Å². The van der Waals surface area contributed by atoms with Crippen LogP contribution in [0.5, 0.6) is 0 Å². The minimum absolute atomic E-state index is 0.447. The summed E-state index contributed by atoms with van der Waals surface area (Å²) in [5.74, 6) is 0.881. The molecule has 124 valence electrons. The zero-order valence-corrected chi connectivity index (χ0v) is 14.1. The van der Waals surface area contributed by atoms with Crippen LogP contribution in [0.4, 0.5) is 0 Å². The molecule has 6 nitrogen and oxygen atoms in total. The van der Waals surface area contributed by atoms with Crippen molar-refractivity contribution < 1.29 is 9.52 Å². The number of aliphatic hydroxyl groups excluding tert-OH is 1. The second-order valence-corrected chi connectivity index (χ2v) is 6.90. The molecule has 1 atom stereocenters. The molecular weight excluding hydrogens is 324 g/mol. The molecule has 3 aromatic rings. The van der Waals surface area contributed by atoms with Crippen LogP contribution in [-0.2, 0) is 20.1 Å². The van der Waals surface area contributed by atoms with Gasteiger partial charge in [-0.3, -0.25) is 4.90 Å². The monoisotopic (exact) mass is 342 g/mol. The lowest BCUT2D eigenvalue weighted by molar-refractivity contribution is 0.0833. The molecule has 3 heterocycles. The number of hydrogen-bond acceptors (Lipinski definition) is 6. The molecule has 24 heavy (non-hydrogen) atoms. The number of nitrogens with zero attached hydrogens (tertiary/aromatic N) is 4. The Hall–Kier alpha value is -2.09. The highest BCUT2D eigenvalue weighted by molar-refractivity contribution is 7.99. The summed E-state index contributed by atoms with van der Waals surface area (Å²) >= 11 is 1.45. The van der Waals surface area contributed by atoms with Crippen molar-refractivity contribution in [3.05, 3.63) is 59.6 Å². The Kier molecular flexibility index (Phi) is 4.13. The molecule has 4 rings (SSSR count). The van der Waals surface area contributed by atoms with Crippen molar-refractivity contribution in [3.8, 4) is 0 Å². The summed E-state index contributed by atoms with van der Waals surface area (Å²) < 4.78 is 7.75. The number of rotatable bonds is 4. The number of benzene rings is 1. The Morgan fingerprint density at radius 3 is 3.00 bits per heavy atom.